The van der Waals surface area contributed by atoms with Gasteiger partial charge in [0.1, 0.15) is 11.6 Å². The van der Waals surface area contributed by atoms with E-state index >= 15 is 0 Å². The smallest absolute Gasteiger partial charge is 0.140 e. The maximum absolute atomic E-state index is 11.6. The number of nitrogens with zero attached hydrogens (tertiary/aromatic N) is 2. The molecule has 0 fully saturated rings. The zero-order chi connectivity index (χ0) is 11.3. The summed E-state index contributed by atoms with van der Waals surface area (Å²) in [6, 6.07) is 0. The Morgan fingerprint density at radius 1 is 1.67 bits per heavy atom. The number of aryl methyl sites for hydroxylation is 1. The summed E-state index contributed by atoms with van der Waals surface area (Å²) in [6.45, 7) is 2.64. The molecule has 0 spiro atoms. The minimum atomic E-state index is 0.217. The van der Waals surface area contributed by atoms with Gasteiger partial charge in [0.2, 0.25) is 0 Å². The van der Waals surface area contributed by atoms with E-state index in [2.05, 4.69) is 4.98 Å². The van der Waals surface area contributed by atoms with Gasteiger partial charge < -0.3 is 9.30 Å². The Kier molecular flexibility index (Phi) is 4.49. The van der Waals surface area contributed by atoms with E-state index in [1.165, 1.54) is 0 Å². The fraction of sp³-hybridized carbons (Fsp3) is 0.636. The van der Waals surface area contributed by atoms with Crippen molar-refractivity contribution in [2.45, 2.75) is 19.8 Å². The number of ether oxygens (including phenoxy) is 1. The van der Waals surface area contributed by atoms with Crippen LogP contribution in [0, 0.1) is 5.92 Å². The second kappa shape index (κ2) is 5.66. The second-order valence-electron chi connectivity index (χ2n) is 3.93. The van der Waals surface area contributed by atoms with Crippen LogP contribution in [0.4, 0.5) is 0 Å². The number of carbonyl (C=O) groups is 1. The van der Waals surface area contributed by atoms with E-state index in [1.54, 1.807) is 13.3 Å². The van der Waals surface area contributed by atoms with Crippen LogP contribution in [0.3, 0.4) is 0 Å². The van der Waals surface area contributed by atoms with E-state index < -0.39 is 0 Å². The van der Waals surface area contributed by atoms with Gasteiger partial charge in [-0.15, -0.1) is 0 Å². The van der Waals surface area contributed by atoms with E-state index in [4.69, 9.17) is 4.74 Å². The third-order valence-electron chi connectivity index (χ3n) is 2.30. The lowest BCUT2D eigenvalue weighted by Crippen LogP contribution is -2.14. The number of methoxy groups -OCH3 is 1. The molecule has 1 aromatic rings. The SMILES string of the molecule is COCC(C)CC(=O)Cc1nccn1C. The predicted octanol–water partition coefficient (Wildman–Crippen LogP) is 1.20. The normalized spacial score (nSPS) is 12.7. The van der Waals surface area contributed by atoms with Crippen molar-refractivity contribution >= 4 is 5.78 Å². The van der Waals surface area contributed by atoms with Gasteiger partial charge >= 0.3 is 0 Å². The Morgan fingerprint density at radius 2 is 2.40 bits per heavy atom. The number of hydrogen-bond donors (Lipinski definition) is 0. The molecular weight excluding hydrogens is 192 g/mol. The van der Waals surface area contributed by atoms with Crippen molar-refractivity contribution in [3.05, 3.63) is 18.2 Å². The Bertz CT molecular complexity index is 320. The summed E-state index contributed by atoms with van der Waals surface area (Å²) in [5.41, 5.74) is 0. The molecule has 0 amide bonds. The molecule has 0 aromatic carbocycles. The van der Waals surface area contributed by atoms with E-state index in [1.807, 2.05) is 24.7 Å². The summed E-state index contributed by atoms with van der Waals surface area (Å²) in [5.74, 6) is 1.32. The molecule has 4 nitrogen and oxygen atoms in total. The number of hydrogen-bond acceptors (Lipinski definition) is 3. The van der Waals surface area contributed by atoms with Gasteiger partial charge in [-0.1, -0.05) is 6.92 Å². The van der Waals surface area contributed by atoms with E-state index in [-0.39, 0.29) is 11.7 Å². The first-order valence-electron chi connectivity index (χ1n) is 5.10. The number of Topliss-reactive ketones (excluding diaryl/α,β-unsaturated/α-hetero) is 1. The lowest BCUT2D eigenvalue weighted by molar-refractivity contribution is -0.119. The molecule has 1 heterocycles. The highest BCUT2D eigenvalue weighted by Gasteiger charge is 2.11. The molecule has 1 aromatic heterocycles. The highest BCUT2D eigenvalue weighted by molar-refractivity contribution is 5.80. The molecule has 0 radical (unpaired) electrons. The first-order chi connectivity index (χ1) is 7.13. The van der Waals surface area contributed by atoms with Crippen molar-refractivity contribution in [2.75, 3.05) is 13.7 Å². The molecule has 4 heteroatoms. The first kappa shape index (κ1) is 11.9. The zero-order valence-corrected chi connectivity index (χ0v) is 9.56. The van der Waals surface area contributed by atoms with Crippen molar-refractivity contribution in [1.29, 1.82) is 0 Å². The van der Waals surface area contributed by atoms with Gasteiger partial charge in [0.15, 0.2) is 0 Å². The lowest BCUT2D eigenvalue weighted by atomic mass is 10.0. The van der Waals surface area contributed by atoms with Crippen molar-refractivity contribution in [1.82, 2.24) is 9.55 Å². The molecule has 84 valence electrons. The van der Waals surface area contributed by atoms with Crippen molar-refractivity contribution < 1.29 is 9.53 Å². The molecule has 1 atom stereocenters. The largest absolute Gasteiger partial charge is 0.384 e. The van der Waals surface area contributed by atoms with E-state index in [0.717, 1.165) is 5.82 Å². The minimum Gasteiger partial charge on any atom is -0.384 e. The Morgan fingerprint density at radius 3 is 2.93 bits per heavy atom. The van der Waals surface area contributed by atoms with Crippen LogP contribution in [0.1, 0.15) is 19.2 Å². The van der Waals surface area contributed by atoms with E-state index in [0.29, 0.717) is 19.4 Å². The van der Waals surface area contributed by atoms with Gasteiger partial charge in [-0.3, -0.25) is 4.79 Å². The third kappa shape index (κ3) is 3.83. The standard InChI is InChI=1S/C11H18N2O2/c1-9(8-15-3)6-10(14)7-11-12-4-5-13(11)2/h4-5,9H,6-8H2,1-3H3. The number of imidazole rings is 1. The second-order valence-corrected chi connectivity index (χ2v) is 3.93. The molecule has 0 aliphatic carbocycles. The van der Waals surface area contributed by atoms with Crippen LogP contribution in [0.25, 0.3) is 0 Å². The van der Waals surface area contributed by atoms with Crippen molar-refractivity contribution in [2.24, 2.45) is 13.0 Å². The van der Waals surface area contributed by atoms with Crippen molar-refractivity contribution in [3.8, 4) is 0 Å². The number of rotatable bonds is 6. The molecule has 0 aliphatic heterocycles. The van der Waals surface area contributed by atoms with Gasteiger partial charge in [-0.05, 0) is 5.92 Å². The molecule has 15 heavy (non-hydrogen) atoms. The number of aromatic nitrogens is 2. The van der Waals surface area contributed by atoms with Gasteiger partial charge in [0, 0.05) is 39.6 Å². The summed E-state index contributed by atoms with van der Waals surface area (Å²) >= 11 is 0. The van der Waals surface area contributed by atoms with Crippen LogP contribution in [-0.2, 0) is 23.0 Å². The average molecular weight is 210 g/mol. The summed E-state index contributed by atoms with van der Waals surface area (Å²) in [4.78, 5) is 15.8. The molecule has 0 aliphatic rings. The monoisotopic (exact) mass is 210 g/mol. The van der Waals surface area contributed by atoms with Crippen LogP contribution in [0.2, 0.25) is 0 Å². The van der Waals surface area contributed by atoms with Crippen molar-refractivity contribution in [3.63, 3.8) is 0 Å². The highest BCUT2D eigenvalue weighted by atomic mass is 16.5. The molecular formula is C11H18N2O2. The highest BCUT2D eigenvalue weighted by Crippen LogP contribution is 2.06. The number of ketones is 1. The third-order valence-corrected chi connectivity index (χ3v) is 2.30. The fourth-order valence-electron chi connectivity index (χ4n) is 1.55. The molecule has 0 N–H and O–H groups in total. The minimum absolute atomic E-state index is 0.217. The first-order valence-corrected chi connectivity index (χ1v) is 5.10. The average Bonchev–Trinajstić information content (AvgIpc) is 2.52. The quantitative estimate of drug-likeness (QED) is 0.708. The molecule has 1 rings (SSSR count). The predicted molar refractivity (Wildman–Crippen MR) is 57.6 cm³/mol. The van der Waals surface area contributed by atoms with Crippen LogP contribution < -0.4 is 0 Å². The summed E-state index contributed by atoms with van der Waals surface area (Å²) in [5, 5.41) is 0. The topological polar surface area (TPSA) is 44.1 Å². The molecule has 0 bridgehead atoms. The summed E-state index contributed by atoms with van der Waals surface area (Å²) < 4.78 is 6.86. The maximum atomic E-state index is 11.6. The maximum Gasteiger partial charge on any atom is 0.140 e. The summed E-state index contributed by atoms with van der Waals surface area (Å²) in [7, 11) is 3.55. The molecule has 0 saturated heterocycles. The fourth-order valence-corrected chi connectivity index (χ4v) is 1.55. The van der Waals surface area contributed by atoms with Crippen LogP contribution in [-0.4, -0.2) is 29.1 Å². The summed E-state index contributed by atoms with van der Waals surface area (Å²) in [6.07, 6.45) is 4.53. The van der Waals surface area contributed by atoms with Crippen LogP contribution in [0.5, 0.6) is 0 Å². The van der Waals surface area contributed by atoms with E-state index in [9.17, 15) is 4.79 Å². The van der Waals surface area contributed by atoms with Crippen LogP contribution in [0.15, 0.2) is 12.4 Å². The molecule has 0 saturated carbocycles. The lowest BCUT2D eigenvalue weighted by Gasteiger charge is -2.08. The Balaban J connectivity index is 2.40. The van der Waals surface area contributed by atoms with Gasteiger partial charge in [-0.25, -0.2) is 4.98 Å². The number of carbonyl (C=O) groups excluding carboxylic acids is 1. The van der Waals surface area contributed by atoms with Gasteiger partial charge in [0.25, 0.3) is 0 Å². The molecule has 1 unspecified atom stereocenters. The van der Waals surface area contributed by atoms with Gasteiger partial charge in [-0.2, -0.15) is 0 Å². The Labute approximate surface area is 90.3 Å². The van der Waals surface area contributed by atoms with Gasteiger partial charge in [0.05, 0.1) is 6.42 Å². The van der Waals surface area contributed by atoms with Crippen LogP contribution >= 0.6 is 0 Å². The Hall–Kier alpha value is -1.16. The zero-order valence-electron chi connectivity index (χ0n) is 9.56.